The fourth-order valence-corrected chi connectivity index (χ4v) is 3.67. The molecule has 1 aliphatic rings. The molecule has 3 heterocycles. The van der Waals surface area contributed by atoms with Crippen LogP contribution in [0.5, 0.6) is 0 Å². The minimum absolute atomic E-state index is 0.112. The number of pyridine rings is 2. The third kappa shape index (κ3) is 4.40. The molecule has 0 bridgehead atoms. The van der Waals surface area contributed by atoms with E-state index in [0.717, 1.165) is 13.0 Å². The van der Waals surface area contributed by atoms with E-state index in [-0.39, 0.29) is 12.2 Å². The van der Waals surface area contributed by atoms with Gasteiger partial charge in [0.15, 0.2) is 0 Å². The van der Waals surface area contributed by atoms with Crippen molar-refractivity contribution in [2.45, 2.75) is 32.7 Å². The van der Waals surface area contributed by atoms with Gasteiger partial charge in [-0.1, -0.05) is 6.07 Å². The Bertz CT molecular complexity index is 964. The molecular formula is C22H28N4O3. The predicted molar refractivity (Wildman–Crippen MR) is 113 cm³/mol. The maximum absolute atomic E-state index is 13.4. The van der Waals surface area contributed by atoms with E-state index in [1.807, 2.05) is 51.5 Å². The maximum Gasteiger partial charge on any atom is 0.336 e. The number of rotatable bonds is 7. The van der Waals surface area contributed by atoms with Crippen molar-refractivity contribution in [3.05, 3.63) is 69.5 Å². The molecule has 7 heteroatoms. The van der Waals surface area contributed by atoms with E-state index in [1.165, 1.54) is 0 Å². The van der Waals surface area contributed by atoms with Gasteiger partial charge in [0.2, 0.25) is 0 Å². The van der Waals surface area contributed by atoms with Crippen molar-refractivity contribution < 1.29 is 9.53 Å². The van der Waals surface area contributed by atoms with Crippen LogP contribution in [0, 0.1) is 0 Å². The Morgan fingerprint density at radius 2 is 2.10 bits per heavy atom. The first-order valence-electron chi connectivity index (χ1n) is 9.88. The highest BCUT2D eigenvalue weighted by atomic mass is 16.5. The zero-order chi connectivity index (χ0) is 21.0. The van der Waals surface area contributed by atoms with Crippen LogP contribution in [0.3, 0.4) is 0 Å². The van der Waals surface area contributed by atoms with Crippen LogP contribution in [0.1, 0.15) is 37.4 Å². The highest BCUT2D eigenvalue weighted by Gasteiger charge is 2.36. The molecular weight excluding hydrogens is 368 g/mol. The van der Waals surface area contributed by atoms with Gasteiger partial charge in [0.05, 0.1) is 29.4 Å². The van der Waals surface area contributed by atoms with Crippen molar-refractivity contribution >= 4 is 11.7 Å². The van der Waals surface area contributed by atoms with Gasteiger partial charge in [-0.15, -0.1) is 0 Å². The molecule has 2 aromatic rings. The number of fused-ring (bicyclic) bond motifs is 1. The molecule has 29 heavy (non-hydrogen) atoms. The number of carbonyl (C=O) groups is 1. The Labute approximate surface area is 171 Å². The number of hydrogen-bond donors (Lipinski definition) is 1. The zero-order valence-electron chi connectivity index (χ0n) is 17.4. The topological polar surface area (TPSA) is 76.5 Å². The number of esters is 1. The van der Waals surface area contributed by atoms with Crippen molar-refractivity contribution in [2.75, 3.05) is 32.6 Å². The Balaban J connectivity index is 2.11. The zero-order valence-corrected chi connectivity index (χ0v) is 17.4. The van der Waals surface area contributed by atoms with E-state index in [2.05, 4.69) is 15.2 Å². The van der Waals surface area contributed by atoms with Gasteiger partial charge in [-0.3, -0.25) is 9.78 Å². The fraction of sp³-hybridized carbons (Fsp3) is 0.409. The first kappa shape index (κ1) is 20.8. The number of nitrogens with zero attached hydrogens (tertiary/aromatic N) is 3. The maximum atomic E-state index is 13.4. The van der Waals surface area contributed by atoms with Crippen LogP contribution in [-0.2, 0) is 16.1 Å². The SMILES string of the molecule is CCOC(=O)C1=C(C)Nc2ccn(CCCN(C)C)c(=O)c2C1c1ccccn1. The number of nitrogens with one attached hydrogen (secondary N) is 1. The number of aryl methyl sites for hydroxylation is 1. The lowest BCUT2D eigenvalue weighted by Gasteiger charge is -2.29. The summed E-state index contributed by atoms with van der Waals surface area (Å²) in [5, 5.41) is 3.22. The van der Waals surface area contributed by atoms with Crippen LogP contribution >= 0.6 is 0 Å². The molecule has 0 aliphatic carbocycles. The van der Waals surface area contributed by atoms with E-state index >= 15 is 0 Å². The summed E-state index contributed by atoms with van der Waals surface area (Å²) in [6.07, 6.45) is 4.34. The number of aromatic nitrogens is 2. The van der Waals surface area contributed by atoms with Crippen LogP contribution in [0.2, 0.25) is 0 Å². The average Bonchev–Trinajstić information content (AvgIpc) is 2.69. The Morgan fingerprint density at radius 1 is 1.31 bits per heavy atom. The van der Waals surface area contributed by atoms with Gasteiger partial charge in [-0.2, -0.15) is 0 Å². The first-order chi connectivity index (χ1) is 13.9. The van der Waals surface area contributed by atoms with Gasteiger partial charge in [0.25, 0.3) is 5.56 Å². The lowest BCUT2D eigenvalue weighted by molar-refractivity contribution is -0.138. The lowest BCUT2D eigenvalue weighted by atomic mass is 9.83. The number of ether oxygens (including phenoxy) is 1. The van der Waals surface area contributed by atoms with Crippen LogP contribution in [-0.4, -0.2) is 47.7 Å². The molecule has 1 aliphatic heterocycles. The summed E-state index contributed by atoms with van der Waals surface area (Å²) in [6.45, 7) is 5.36. The summed E-state index contributed by atoms with van der Waals surface area (Å²) >= 11 is 0. The van der Waals surface area contributed by atoms with E-state index < -0.39 is 11.9 Å². The van der Waals surface area contributed by atoms with Crippen molar-refractivity contribution in [1.82, 2.24) is 14.5 Å². The summed E-state index contributed by atoms with van der Waals surface area (Å²) in [4.78, 5) is 32.7. The molecule has 154 valence electrons. The van der Waals surface area contributed by atoms with Gasteiger partial charge in [-0.05, 0) is 59.1 Å². The lowest BCUT2D eigenvalue weighted by Crippen LogP contribution is -2.33. The molecule has 7 nitrogen and oxygen atoms in total. The summed E-state index contributed by atoms with van der Waals surface area (Å²) in [6, 6.07) is 7.42. The second-order valence-electron chi connectivity index (χ2n) is 7.37. The summed E-state index contributed by atoms with van der Waals surface area (Å²) in [7, 11) is 4.02. The van der Waals surface area contributed by atoms with Crippen molar-refractivity contribution in [3.63, 3.8) is 0 Å². The molecule has 0 aromatic carbocycles. The summed E-state index contributed by atoms with van der Waals surface area (Å²) in [5.74, 6) is -0.999. The van der Waals surface area contributed by atoms with E-state index in [1.54, 1.807) is 17.7 Å². The van der Waals surface area contributed by atoms with Gasteiger partial charge < -0.3 is 19.5 Å². The number of anilines is 1. The third-order valence-electron chi connectivity index (χ3n) is 4.99. The molecule has 3 rings (SSSR count). The molecule has 0 spiro atoms. The Hall–Kier alpha value is -2.93. The highest BCUT2D eigenvalue weighted by Crippen LogP contribution is 2.39. The van der Waals surface area contributed by atoms with Crippen LogP contribution in [0.15, 0.2) is 52.7 Å². The molecule has 0 saturated carbocycles. The molecule has 0 amide bonds. The second-order valence-corrected chi connectivity index (χ2v) is 7.37. The summed E-state index contributed by atoms with van der Waals surface area (Å²) < 4.78 is 7.01. The van der Waals surface area contributed by atoms with Gasteiger partial charge in [0, 0.05) is 30.3 Å². The van der Waals surface area contributed by atoms with E-state index in [4.69, 9.17) is 4.74 Å². The number of carbonyl (C=O) groups excluding carboxylic acids is 1. The molecule has 0 saturated heterocycles. The second kappa shape index (κ2) is 9.05. The van der Waals surface area contributed by atoms with Gasteiger partial charge >= 0.3 is 5.97 Å². The first-order valence-corrected chi connectivity index (χ1v) is 9.88. The van der Waals surface area contributed by atoms with Gasteiger partial charge in [-0.25, -0.2) is 4.79 Å². The minimum atomic E-state index is -0.569. The molecule has 0 fully saturated rings. The predicted octanol–water partition coefficient (Wildman–Crippen LogP) is 2.59. The van der Waals surface area contributed by atoms with Crippen LogP contribution in [0.4, 0.5) is 5.69 Å². The quantitative estimate of drug-likeness (QED) is 0.725. The van der Waals surface area contributed by atoms with Gasteiger partial charge in [0.1, 0.15) is 0 Å². The molecule has 0 radical (unpaired) electrons. The smallest absolute Gasteiger partial charge is 0.336 e. The van der Waals surface area contributed by atoms with Crippen molar-refractivity contribution in [2.24, 2.45) is 0 Å². The van der Waals surface area contributed by atoms with Crippen LogP contribution < -0.4 is 10.9 Å². The molecule has 1 unspecified atom stereocenters. The Morgan fingerprint density at radius 3 is 2.76 bits per heavy atom. The highest BCUT2D eigenvalue weighted by molar-refractivity contribution is 5.94. The minimum Gasteiger partial charge on any atom is -0.463 e. The third-order valence-corrected chi connectivity index (χ3v) is 4.99. The standard InChI is InChI=1S/C22H28N4O3/c1-5-29-22(28)18-15(2)24-17-10-14-26(13-8-12-25(3)4)21(27)20(17)19(18)16-9-6-7-11-23-16/h6-7,9-11,14,19,24H,5,8,12-13H2,1-4H3. The molecule has 1 N–H and O–H groups in total. The normalized spacial score (nSPS) is 15.8. The summed E-state index contributed by atoms with van der Waals surface area (Å²) in [5.41, 5.74) is 2.89. The van der Waals surface area contributed by atoms with E-state index in [9.17, 15) is 9.59 Å². The Kier molecular flexibility index (Phi) is 6.49. The largest absolute Gasteiger partial charge is 0.463 e. The fourth-order valence-electron chi connectivity index (χ4n) is 3.67. The average molecular weight is 396 g/mol. The number of hydrogen-bond acceptors (Lipinski definition) is 6. The van der Waals surface area contributed by atoms with E-state index in [0.29, 0.717) is 34.8 Å². The number of allylic oxidation sites excluding steroid dienone is 1. The van der Waals surface area contributed by atoms with Crippen molar-refractivity contribution in [3.8, 4) is 0 Å². The van der Waals surface area contributed by atoms with Crippen LogP contribution in [0.25, 0.3) is 0 Å². The molecule has 2 aromatic heterocycles. The van der Waals surface area contributed by atoms with Crippen molar-refractivity contribution in [1.29, 1.82) is 0 Å². The molecule has 1 atom stereocenters. The monoisotopic (exact) mass is 396 g/mol.